The first-order valence-electron chi connectivity index (χ1n) is 6.75. The predicted octanol–water partition coefficient (Wildman–Crippen LogP) is 2.65. The fraction of sp³-hybridized carbons (Fsp3) is 0.429. The van der Waals surface area contributed by atoms with E-state index in [1.165, 1.54) is 0 Å². The third kappa shape index (κ3) is 3.56. The summed E-state index contributed by atoms with van der Waals surface area (Å²) in [5.41, 5.74) is 4.80. The molecule has 0 aliphatic heterocycles. The molecule has 0 aliphatic rings. The van der Waals surface area contributed by atoms with Gasteiger partial charge in [0.2, 0.25) is 0 Å². The molecule has 0 spiro atoms. The number of nitrogens with two attached hydrogens (primary N) is 1. The molecule has 20 heavy (non-hydrogen) atoms. The highest BCUT2D eigenvalue weighted by atomic mass is 35.5. The number of aromatic nitrogens is 3. The number of hydrazine groups is 1. The molecule has 0 saturated carbocycles. The van der Waals surface area contributed by atoms with E-state index in [-0.39, 0.29) is 6.04 Å². The van der Waals surface area contributed by atoms with Crippen LogP contribution in [0.25, 0.3) is 0 Å². The molecule has 5 nitrogen and oxygen atoms in total. The van der Waals surface area contributed by atoms with E-state index in [0.29, 0.717) is 17.6 Å². The Hall–Kier alpha value is -1.43. The Balaban J connectivity index is 2.10. The minimum absolute atomic E-state index is 0.0277. The fourth-order valence-corrected chi connectivity index (χ4v) is 2.11. The van der Waals surface area contributed by atoms with Crippen molar-refractivity contribution in [3.05, 3.63) is 47.0 Å². The Morgan fingerprint density at radius 1 is 1.40 bits per heavy atom. The number of halogens is 1. The highest BCUT2D eigenvalue weighted by molar-refractivity contribution is 6.29. The van der Waals surface area contributed by atoms with Gasteiger partial charge in [-0.2, -0.15) is 5.10 Å². The molecule has 2 aromatic rings. The first-order valence-corrected chi connectivity index (χ1v) is 7.13. The Kier molecular flexibility index (Phi) is 5.11. The summed E-state index contributed by atoms with van der Waals surface area (Å²) < 4.78 is 1.99. The standard InChI is InChI=1S/C14H20ClN5/c1-3-10(2)20-7-6-12(19-20)8-13(18-16)11-4-5-14(15)17-9-11/h4-7,9-10,13,18H,3,8,16H2,1-2H3. The summed E-state index contributed by atoms with van der Waals surface area (Å²) in [7, 11) is 0. The lowest BCUT2D eigenvalue weighted by molar-refractivity contribution is 0.467. The number of hydrogen-bond donors (Lipinski definition) is 2. The van der Waals surface area contributed by atoms with Gasteiger partial charge in [0.1, 0.15) is 5.15 Å². The molecule has 0 amide bonds. The molecular weight excluding hydrogens is 274 g/mol. The zero-order chi connectivity index (χ0) is 14.5. The smallest absolute Gasteiger partial charge is 0.129 e. The minimum Gasteiger partial charge on any atom is -0.271 e. The van der Waals surface area contributed by atoms with E-state index in [1.54, 1.807) is 12.3 Å². The molecule has 0 bridgehead atoms. The van der Waals surface area contributed by atoms with Crippen LogP contribution in [0.3, 0.4) is 0 Å². The normalized spacial score (nSPS) is 14.2. The van der Waals surface area contributed by atoms with Crippen LogP contribution >= 0.6 is 11.6 Å². The van der Waals surface area contributed by atoms with Crippen LogP contribution in [-0.2, 0) is 6.42 Å². The van der Waals surface area contributed by atoms with Gasteiger partial charge in [-0.15, -0.1) is 0 Å². The number of hydrogen-bond acceptors (Lipinski definition) is 4. The lowest BCUT2D eigenvalue weighted by Gasteiger charge is -2.15. The summed E-state index contributed by atoms with van der Waals surface area (Å²) in [6.07, 6.45) is 5.51. The number of rotatable bonds is 6. The number of nitrogens with one attached hydrogen (secondary N) is 1. The summed E-state index contributed by atoms with van der Waals surface area (Å²) in [5, 5.41) is 5.06. The average Bonchev–Trinajstić information content (AvgIpc) is 2.93. The second kappa shape index (κ2) is 6.83. The third-order valence-electron chi connectivity index (χ3n) is 3.47. The molecule has 3 N–H and O–H groups in total. The first-order chi connectivity index (χ1) is 9.63. The SMILES string of the molecule is CCC(C)n1ccc(CC(NN)c2ccc(Cl)nc2)n1. The van der Waals surface area contributed by atoms with Crippen molar-refractivity contribution in [3.8, 4) is 0 Å². The van der Waals surface area contributed by atoms with Crippen LogP contribution in [0.1, 0.15) is 43.6 Å². The van der Waals surface area contributed by atoms with Crippen molar-refractivity contribution in [2.75, 3.05) is 0 Å². The summed E-state index contributed by atoms with van der Waals surface area (Å²) >= 11 is 5.80. The van der Waals surface area contributed by atoms with E-state index >= 15 is 0 Å². The fourth-order valence-electron chi connectivity index (χ4n) is 1.99. The largest absolute Gasteiger partial charge is 0.271 e. The van der Waals surface area contributed by atoms with Gasteiger partial charge in [-0.3, -0.25) is 16.0 Å². The van der Waals surface area contributed by atoms with Gasteiger partial charge >= 0.3 is 0 Å². The zero-order valence-corrected chi connectivity index (χ0v) is 12.5. The Bertz CT molecular complexity index is 537. The van der Waals surface area contributed by atoms with Gasteiger partial charge < -0.3 is 0 Å². The lowest BCUT2D eigenvalue weighted by Crippen LogP contribution is -2.29. The lowest BCUT2D eigenvalue weighted by atomic mass is 10.1. The maximum absolute atomic E-state index is 5.80. The quantitative estimate of drug-likeness (QED) is 0.488. The van der Waals surface area contributed by atoms with Crippen LogP contribution < -0.4 is 11.3 Å². The van der Waals surface area contributed by atoms with E-state index in [1.807, 2.05) is 23.0 Å². The minimum atomic E-state index is -0.0277. The van der Waals surface area contributed by atoms with Crippen LogP contribution in [0.5, 0.6) is 0 Å². The van der Waals surface area contributed by atoms with Crippen molar-refractivity contribution in [2.24, 2.45) is 5.84 Å². The van der Waals surface area contributed by atoms with Gasteiger partial charge in [-0.1, -0.05) is 24.6 Å². The van der Waals surface area contributed by atoms with E-state index in [4.69, 9.17) is 17.4 Å². The molecular formula is C14H20ClN5. The van der Waals surface area contributed by atoms with Crippen LogP contribution in [0.15, 0.2) is 30.6 Å². The molecule has 0 fully saturated rings. The van der Waals surface area contributed by atoms with E-state index < -0.39 is 0 Å². The molecule has 0 radical (unpaired) electrons. The number of pyridine rings is 1. The molecule has 0 aromatic carbocycles. The van der Waals surface area contributed by atoms with Crippen LogP contribution in [-0.4, -0.2) is 14.8 Å². The van der Waals surface area contributed by atoms with Crippen molar-refractivity contribution in [1.29, 1.82) is 0 Å². The molecule has 2 heterocycles. The monoisotopic (exact) mass is 293 g/mol. The highest BCUT2D eigenvalue weighted by Crippen LogP contribution is 2.18. The second-order valence-electron chi connectivity index (χ2n) is 4.88. The summed E-state index contributed by atoms with van der Waals surface area (Å²) in [6, 6.07) is 6.09. The van der Waals surface area contributed by atoms with E-state index in [0.717, 1.165) is 17.7 Å². The van der Waals surface area contributed by atoms with E-state index in [2.05, 4.69) is 29.4 Å². The Morgan fingerprint density at radius 3 is 2.80 bits per heavy atom. The zero-order valence-electron chi connectivity index (χ0n) is 11.8. The number of nitrogens with zero attached hydrogens (tertiary/aromatic N) is 3. The molecule has 2 unspecified atom stereocenters. The molecule has 0 aliphatic carbocycles. The molecule has 2 atom stereocenters. The molecule has 2 aromatic heterocycles. The molecule has 6 heteroatoms. The maximum Gasteiger partial charge on any atom is 0.129 e. The van der Waals surface area contributed by atoms with Crippen LogP contribution in [0.4, 0.5) is 0 Å². The van der Waals surface area contributed by atoms with Gasteiger partial charge in [0, 0.05) is 24.9 Å². The van der Waals surface area contributed by atoms with Gasteiger partial charge in [0.15, 0.2) is 0 Å². The van der Waals surface area contributed by atoms with Crippen molar-refractivity contribution in [2.45, 2.75) is 38.8 Å². The topological polar surface area (TPSA) is 68.8 Å². The summed E-state index contributed by atoms with van der Waals surface area (Å²) in [6.45, 7) is 4.30. The predicted molar refractivity (Wildman–Crippen MR) is 80.2 cm³/mol. The highest BCUT2D eigenvalue weighted by Gasteiger charge is 2.13. The van der Waals surface area contributed by atoms with Crippen molar-refractivity contribution in [3.63, 3.8) is 0 Å². The van der Waals surface area contributed by atoms with Gasteiger partial charge in [-0.25, -0.2) is 4.98 Å². The summed E-state index contributed by atoms with van der Waals surface area (Å²) in [4.78, 5) is 4.08. The van der Waals surface area contributed by atoms with Gasteiger partial charge in [0.25, 0.3) is 0 Å². The second-order valence-corrected chi connectivity index (χ2v) is 5.27. The third-order valence-corrected chi connectivity index (χ3v) is 3.70. The molecule has 108 valence electrons. The van der Waals surface area contributed by atoms with Crippen molar-refractivity contribution in [1.82, 2.24) is 20.2 Å². The van der Waals surface area contributed by atoms with Gasteiger partial charge in [-0.05, 0) is 31.0 Å². The van der Waals surface area contributed by atoms with Crippen LogP contribution in [0.2, 0.25) is 5.15 Å². The average molecular weight is 294 g/mol. The first kappa shape index (κ1) is 15.0. The molecule has 2 rings (SSSR count). The van der Waals surface area contributed by atoms with Gasteiger partial charge in [0.05, 0.1) is 11.7 Å². The van der Waals surface area contributed by atoms with Crippen molar-refractivity contribution >= 4 is 11.6 Å². The van der Waals surface area contributed by atoms with E-state index in [9.17, 15) is 0 Å². The molecule has 0 saturated heterocycles. The Labute approximate surface area is 124 Å². The maximum atomic E-state index is 5.80. The summed E-state index contributed by atoms with van der Waals surface area (Å²) in [5.74, 6) is 5.64. The Morgan fingerprint density at radius 2 is 2.20 bits per heavy atom. The van der Waals surface area contributed by atoms with Crippen molar-refractivity contribution < 1.29 is 0 Å². The van der Waals surface area contributed by atoms with Crippen LogP contribution in [0, 0.1) is 0 Å².